The normalized spacial score (nSPS) is 16.2. The Hall–Kier alpha value is -2.74. The first kappa shape index (κ1) is 20.0. The van der Waals surface area contributed by atoms with Gasteiger partial charge in [-0.2, -0.15) is 0 Å². The van der Waals surface area contributed by atoms with Gasteiger partial charge in [0.15, 0.2) is 23.0 Å². The number of benzene rings is 2. The molecular weight excluding hydrogens is 382 g/mol. The molecule has 8 heteroatoms. The second kappa shape index (κ2) is 8.52. The standard InChI is InChI=1S/C20H23NO6S/c1-24-15-9-18(27-4)17(26-3)8-13(15)20-21(19(23)11-28-20)10-12-5-6-14(22)16(7-12)25-2/h5-9,20,22H,10-11H2,1-4H3. The lowest BCUT2D eigenvalue weighted by molar-refractivity contribution is -0.128. The van der Waals surface area contributed by atoms with E-state index in [1.54, 1.807) is 50.5 Å². The molecule has 0 aliphatic carbocycles. The molecule has 0 radical (unpaired) electrons. The highest BCUT2D eigenvalue weighted by Gasteiger charge is 2.35. The van der Waals surface area contributed by atoms with Crippen molar-refractivity contribution >= 4 is 17.7 Å². The number of carbonyl (C=O) groups excluding carboxylic acids is 1. The first-order valence-electron chi connectivity index (χ1n) is 8.59. The number of methoxy groups -OCH3 is 4. The van der Waals surface area contributed by atoms with Crippen molar-refractivity contribution in [1.82, 2.24) is 4.90 Å². The lowest BCUT2D eigenvalue weighted by Gasteiger charge is -2.26. The van der Waals surface area contributed by atoms with Crippen LogP contribution in [0.25, 0.3) is 0 Å². The van der Waals surface area contributed by atoms with Gasteiger partial charge in [-0.25, -0.2) is 0 Å². The Bertz CT molecular complexity index is 872. The third-order valence-electron chi connectivity index (χ3n) is 4.57. The minimum Gasteiger partial charge on any atom is -0.504 e. The molecule has 1 saturated heterocycles. The fourth-order valence-corrected chi connectivity index (χ4v) is 4.35. The van der Waals surface area contributed by atoms with Gasteiger partial charge in [-0.05, 0) is 23.8 Å². The minimum absolute atomic E-state index is 0.0267. The molecule has 0 bridgehead atoms. The van der Waals surface area contributed by atoms with Gasteiger partial charge in [0.1, 0.15) is 11.1 Å². The van der Waals surface area contributed by atoms with Gasteiger partial charge >= 0.3 is 0 Å². The van der Waals surface area contributed by atoms with Crippen LogP contribution in [0.15, 0.2) is 30.3 Å². The third-order valence-corrected chi connectivity index (χ3v) is 5.80. The number of rotatable bonds is 7. The molecule has 150 valence electrons. The number of aromatic hydroxyl groups is 1. The van der Waals surface area contributed by atoms with Crippen molar-refractivity contribution in [2.24, 2.45) is 0 Å². The molecule has 28 heavy (non-hydrogen) atoms. The van der Waals surface area contributed by atoms with Crippen LogP contribution >= 0.6 is 11.8 Å². The van der Waals surface area contributed by atoms with E-state index >= 15 is 0 Å². The van der Waals surface area contributed by atoms with Crippen LogP contribution in [0.3, 0.4) is 0 Å². The summed E-state index contributed by atoms with van der Waals surface area (Å²) in [6, 6.07) is 8.68. The maximum Gasteiger partial charge on any atom is 0.234 e. The van der Waals surface area contributed by atoms with E-state index in [0.717, 1.165) is 11.1 Å². The zero-order valence-electron chi connectivity index (χ0n) is 16.2. The molecule has 7 nitrogen and oxygen atoms in total. The van der Waals surface area contributed by atoms with Crippen molar-refractivity contribution < 1.29 is 28.8 Å². The van der Waals surface area contributed by atoms with Crippen LogP contribution in [0, 0.1) is 0 Å². The summed E-state index contributed by atoms with van der Waals surface area (Å²) in [7, 11) is 6.21. The fourth-order valence-electron chi connectivity index (χ4n) is 3.15. The van der Waals surface area contributed by atoms with E-state index in [1.165, 1.54) is 18.9 Å². The second-order valence-electron chi connectivity index (χ2n) is 6.14. The number of amides is 1. The Morgan fingerprint density at radius 2 is 1.61 bits per heavy atom. The maximum atomic E-state index is 12.6. The molecular formula is C20H23NO6S. The molecule has 3 rings (SSSR count). The van der Waals surface area contributed by atoms with Crippen LogP contribution in [0.4, 0.5) is 0 Å². The summed E-state index contributed by atoms with van der Waals surface area (Å²) in [6.07, 6.45) is 0. The Balaban J connectivity index is 1.96. The Kier molecular flexibility index (Phi) is 6.08. The van der Waals surface area contributed by atoms with E-state index < -0.39 is 0 Å². The summed E-state index contributed by atoms with van der Waals surface area (Å²) in [5, 5.41) is 9.57. The highest BCUT2D eigenvalue weighted by atomic mass is 32.2. The average Bonchev–Trinajstić information content (AvgIpc) is 3.08. The molecule has 2 aromatic carbocycles. The monoisotopic (exact) mass is 405 g/mol. The smallest absolute Gasteiger partial charge is 0.234 e. The number of phenolic OH excluding ortho intramolecular Hbond substituents is 1. The maximum absolute atomic E-state index is 12.6. The molecule has 0 aromatic heterocycles. The van der Waals surface area contributed by atoms with Crippen molar-refractivity contribution in [2.45, 2.75) is 11.9 Å². The summed E-state index contributed by atoms with van der Waals surface area (Å²) in [4.78, 5) is 14.4. The van der Waals surface area contributed by atoms with Gasteiger partial charge < -0.3 is 29.0 Å². The average molecular weight is 405 g/mol. The van der Waals surface area contributed by atoms with Crippen molar-refractivity contribution in [2.75, 3.05) is 34.2 Å². The predicted molar refractivity (Wildman–Crippen MR) is 107 cm³/mol. The molecule has 1 aliphatic rings. The van der Waals surface area contributed by atoms with Crippen LogP contribution < -0.4 is 18.9 Å². The van der Waals surface area contributed by atoms with Crippen molar-refractivity contribution in [3.05, 3.63) is 41.5 Å². The highest BCUT2D eigenvalue weighted by Crippen LogP contribution is 2.47. The molecule has 1 fully saturated rings. The van der Waals surface area contributed by atoms with Crippen LogP contribution in [0.5, 0.6) is 28.7 Å². The number of carbonyl (C=O) groups is 1. The summed E-state index contributed by atoms with van der Waals surface area (Å²) < 4.78 is 21.5. The molecule has 1 unspecified atom stereocenters. The van der Waals surface area contributed by atoms with Crippen molar-refractivity contribution in [1.29, 1.82) is 0 Å². The number of nitrogens with zero attached hydrogens (tertiary/aromatic N) is 1. The van der Waals surface area contributed by atoms with E-state index in [1.807, 2.05) is 6.07 Å². The summed E-state index contributed by atoms with van der Waals surface area (Å²) in [5.74, 6) is 2.59. The first-order chi connectivity index (χ1) is 13.5. The van der Waals surface area contributed by atoms with Gasteiger partial charge in [0.2, 0.25) is 5.91 Å². The van der Waals surface area contributed by atoms with Gasteiger partial charge in [0, 0.05) is 18.2 Å². The second-order valence-corrected chi connectivity index (χ2v) is 7.21. The minimum atomic E-state index is -0.234. The number of hydrogen-bond donors (Lipinski definition) is 1. The molecule has 1 N–H and O–H groups in total. The summed E-state index contributed by atoms with van der Waals surface area (Å²) in [5.41, 5.74) is 1.69. The van der Waals surface area contributed by atoms with Gasteiger partial charge in [0.25, 0.3) is 0 Å². The predicted octanol–water partition coefficient (Wildman–Crippen LogP) is 3.20. The third kappa shape index (κ3) is 3.77. The zero-order valence-corrected chi connectivity index (χ0v) is 17.0. The van der Waals surface area contributed by atoms with E-state index in [2.05, 4.69) is 0 Å². The lowest BCUT2D eigenvalue weighted by Crippen LogP contribution is -2.28. The number of hydrogen-bond acceptors (Lipinski definition) is 7. The fraction of sp³-hybridized carbons (Fsp3) is 0.350. The van der Waals surface area contributed by atoms with Crippen molar-refractivity contribution in [3.8, 4) is 28.7 Å². The number of phenols is 1. The van der Waals surface area contributed by atoms with E-state index in [-0.39, 0.29) is 17.0 Å². The van der Waals surface area contributed by atoms with Crippen molar-refractivity contribution in [3.63, 3.8) is 0 Å². The van der Waals surface area contributed by atoms with E-state index in [4.69, 9.17) is 18.9 Å². The van der Waals surface area contributed by atoms with Gasteiger partial charge in [0.05, 0.1) is 34.2 Å². The lowest BCUT2D eigenvalue weighted by atomic mass is 10.1. The van der Waals surface area contributed by atoms with E-state index in [9.17, 15) is 9.90 Å². The molecule has 1 aliphatic heterocycles. The van der Waals surface area contributed by atoms with Crippen LogP contribution in [-0.2, 0) is 11.3 Å². The Morgan fingerprint density at radius 3 is 2.25 bits per heavy atom. The molecule has 0 saturated carbocycles. The van der Waals surface area contributed by atoms with Gasteiger partial charge in [-0.3, -0.25) is 4.79 Å². The van der Waals surface area contributed by atoms with E-state index in [0.29, 0.717) is 35.3 Å². The largest absolute Gasteiger partial charge is 0.504 e. The van der Waals surface area contributed by atoms with Crippen LogP contribution in [-0.4, -0.2) is 50.1 Å². The molecule has 1 atom stereocenters. The van der Waals surface area contributed by atoms with Gasteiger partial charge in [-0.1, -0.05) is 6.07 Å². The number of thioether (sulfide) groups is 1. The topological polar surface area (TPSA) is 77.5 Å². The SMILES string of the molecule is COc1cc(CN2C(=O)CSC2c2cc(OC)c(OC)cc2OC)ccc1O. The number of ether oxygens (including phenoxy) is 4. The molecule has 0 spiro atoms. The highest BCUT2D eigenvalue weighted by molar-refractivity contribution is 8.00. The van der Waals surface area contributed by atoms with Crippen LogP contribution in [0.2, 0.25) is 0 Å². The van der Waals surface area contributed by atoms with Crippen LogP contribution in [0.1, 0.15) is 16.5 Å². The Labute approximate surface area is 168 Å². The molecule has 1 amide bonds. The first-order valence-corrected chi connectivity index (χ1v) is 9.64. The molecule has 1 heterocycles. The summed E-state index contributed by atoms with van der Waals surface area (Å²) >= 11 is 1.53. The molecule has 2 aromatic rings. The summed E-state index contributed by atoms with van der Waals surface area (Å²) in [6.45, 7) is 0.380. The Morgan fingerprint density at radius 1 is 0.964 bits per heavy atom. The zero-order chi connectivity index (χ0) is 20.3. The quantitative estimate of drug-likeness (QED) is 0.758. The van der Waals surface area contributed by atoms with Gasteiger partial charge in [-0.15, -0.1) is 11.8 Å².